The van der Waals surface area contributed by atoms with Crippen LogP contribution in [0.3, 0.4) is 0 Å². The van der Waals surface area contributed by atoms with Gasteiger partial charge in [-0.2, -0.15) is 0 Å². The van der Waals surface area contributed by atoms with Crippen molar-refractivity contribution in [2.24, 2.45) is 0 Å². The van der Waals surface area contributed by atoms with E-state index in [-0.39, 0.29) is 6.04 Å². The summed E-state index contributed by atoms with van der Waals surface area (Å²) in [5, 5.41) is 3.47. The molecule has 3 N–H and O–H groups in total. The third-order valence-corrected chi connectivity index (χ3v) is 3.68. The van der Waals surface area contributed by atoms with Crippen LogP contribution in [0.5, 0.6) is 0 Å². The highest BCUT2D eigenvalue weighted by Crippen LogP contribution is 2.24. The molecular weight excluding hydrogens is 240 g/mol. The number of H-pyrrole nitrogens is 2. The highest BCUT2D eigenvalue weighted by Gasteiger charge is 2.24. The lowest BCUT2D eigenvalue weighted by Gasteiger charge is -2.20. The molecule has 0 radical (unpaired) electrons. The molecule has 1 unspecified atom stereocenters. The number of hydrogen-bond acceptors (Lipinski definition) is 4. The lowest BCUT2D eigenvalue weighted by atomic mass is 10.1. The van der Waals surface area contributed by atoms with Gasteiger partial charge in [0.25, 0.3) is 0 Å². The minimum absolute atomic E-state index is 0.171. The molecule has 0 amide bonds. The van der Waals surface area contributed by atoms with Gasteiger partial charge in [0, 0.05) is 19.2 Å². The summed E-state index contributed by atoms with van der Waals surface area (Å²) in [4.78, 5) is 19.8. The molecule has 0 fully saturated rings. The second-order valence-corrected chi connectivity index (χ2v) is 4.91. The lowest BCUT2D eigenvalue weighted by Crippen LogP contribution is -2.29. The van der Waals surface area contributed by atoms with Gasteiger partial charge in [-0.25, -0.2) is 15.0 Å². The topological polar surface area (TPSA) is 82.3 Å². The molecule has 1 aliphatic rings. The molecule has 1 aliphatic heterocycles. The van der Waals surface area contributed by atoms with Crippen molar-refractivity contribution in [3.8, 4) is 0 Å². The highest BCUT2D eigenvalue weighted by atomic mass is 15.1. The Morgan fingerprint density at radius 2 is 2.26 bits per heavy atom. The number of hydrogen-bond donors (Lipinski definition) is 3. The van der Waals surface area contributed by atoms with Gasteiger partial charge < -0.3 is 15.3 Å². The molecule has 1 atom stereocenters. The van der Waals surface area contributed by atoms with Crippen LogP contribution in [-0.4, -0.2) is 24.9 Å². The van der Waals surface area contributed by atoms with Crippen molar-refractivity contribution in [3.63, 3.8) is 0 Å². The number of aromatic nitrogens is 5. The summed E-state index contributed by atoms with van der Waals surface area (Å²) in [6.45, 7) is 2.86. The Morgan fingerprint density at radius 3 is 3.16 bits per heavy atom. The van der Waals surface area contributed by atoms with Gasteiger partial charge >= 0.3 is 0 Å². The number of pyridine rings is 1. The SMILES string of the molecule is Cc1ccnc2nc(C3Cc4nc[nH]c4CN3)[nH]c12. The van der Waals surface area contributed by atoms with E-state index in [1.165, 1.54) is 11.3 Å². The fourth-order valence-corrected chi connectivity index (χ4v) is 2.58. The van der Waals surface area contributed by atoms with Crippen LogP contribution in [0.2, 0.25) is 0 Å². The van der Waals surface area contributed by atoms with Crippen LogP contribution in [0.1, 0.15) is 28.8 Å². The number of aromatic amines is 2. The van der Waals surface area contributed by atoms with Crippen LogP contribution >= 0.6 is 0 Å². The molecule has 3 aromatic heterocycles. The fraction of sp³-hybridized carbons (Fsp3) is 0.308. The first kappa shape index (κ1) is 10.7. The van der Waals surface area contributed by atoms with E-state index in [2.05, 4.69) is 37.2 Å². The second kappa shape index (κ2) is 3.89. The average Bonchev–Trinajstić information content (AvgIpc) is 3.04. The summed E-state index contributed by atoms with van der Waals surface area (Å²) in [7, 11) is 0. The maximum atomic E-state index is 4.59. The van der Waals surface area contributed by atoms with E-state index in [0.29, 0.717) is 0 Å². The van der Waals surface area contributed by atoms with Crippen molar-refractivity contribution in [3.05, 3.63) is 41.4 Å². The molecule has 4 heterocycles. The predicted molar refractivity (Wildman–Crippen MR) is 70.5 cm³/mol. The van der Waals surface area contributed by atoms with Crippen molar-refractivity contribution in [2.45, 2.75) is 25.9 Å². The Kier molecular flexibility index (Phi) is 2.19. The van der Waals surface area contributed by atoms with Gasteiger partial charge in [0.05, 0.1) is 29.3 Å². The maximum absolute atomic E-state index is 4.59. The minimum atomic E-state index is 0.171. The molecule has 4 rings (SSSR count). The molecule has 19 heavy (non-hydrogen) atoms. The lowest BCUT2D eigenvalue weighted by molar-refractivity contribution is 0.472. The van der Waals surface area contributed by atoms with Crippen molar-refractivity contribution in [1.29, 1.82) is 0 Å². The van der Waals surface area contributed by atoms with E-state index in [4.69, 9.17) is 0 Å². The minimum Gasteiger partial charge on any atom is -0.347 e. The van der Waals surface area contributed by atoms with Gasteiger partial charge in [0.2, 0.25) is 0 Å². The fourth-order valence-electron chi connectivity index (χ4n) is 2.58. The van der Waals surface area contributed by atoms with Crippen LogP contribution in [0, 0.1) is 6.92 Å². The molecule has 0 bridgehead atoms. The van der Waals surface area contributed by atoms with Crippen molar-refractivity contribution in [2.75, 3.05) is 0 Å². The number of rotatable bonds is 1. The Morgan fingerprint density at radius 1 is 1.32 bits per heavy atom. The molecule has 0 aromatic carbocycles. The van der Waals surface area contributed by atoms with Crippen molar-refractivity contribution in [1.82, 2.24) is 30.2 Å². The Bertz CT molecular complexity index is 741. The Hall–Kier alpha value is -2.21. The third-order valence-electron chi connectivity index (χ3n) is 3.68. The van der Waals surface area contributed by atoms with Gasteiger partial charge in [-0.1, -0.05) is 0 Å². The number of nitrogens with zero attached hydrogens (tertiary/aromatic N) is 3. The van der Waals surface area contributed by atoms with Gasteiger partial charge in [-0.15, -0.1) is 0 Å². The predicted octanol–water partition coefficient (Wildman–Crippen LogP) is 1.38. The number of fused-ring (bicyclic) bond motifs is 2. The van der Waals surface area contributed by atoms with Gasteiger partial charge in [-0.3, -0.25) is 0 Å². The average molecular weight is 254 g/mol. The van der Waals surface area contributed by atoms with Crippen molar-refractivity contribution < 1.29 is 0 Å². The van der Waals surface area contributed by atoms with Gasteiger partial charge in [0.1, 0.15) is 5.82 Å². The van der Waals surface area contributed by atoms with Crippen LogP contribution in [0.25, 0.3) is 11.2 Å². The van der Waals surface area contributed by atoms with E-state index >= 15 is 0 Å². The van der Waals surface area contributed by atoms with Crippen LogP contribution in [-0.2, 0) is 13.0 Å². The van der Waals surface area contributed by atoms with E-state index in [9.17, 15) is 0 Å². The molecule has 0 saturated carbocycles. The first-order valence-electron chi connectivity index (χ1n) is 6.37. The zero-order valence-corrected chi connectivity index (χ0v) is 10.6. The molecule has 0 saturated heterocycles. The van der Waals surface area contributed by atoms with E-state index in [1.807, 2.05) is 6.07 Å². The van der Waals surface area contributed by atoms with E-state index in [0.717, 1.165) is 35.6 Å². The summed E-state index contributed by atoms with van der Waals surface area (Å²) in [6, 6.07) is 2.16. The molecular formula is C13H14N6. The highest BCUT2D eigenvalue weighted by molar-refractivity contribution is 5.74. The van der Waals surface area contributed by atoms with Gasteiger partial charge in [0.15, 0.2) is 5.65 Å². The molecule has 96 valence electrons. The Labute approximate surface area is 109 Å². The molecule has 0 spiro atoms. The summed E-state index contributed by atoms with van der Waals surface area (Å²) >= 11 is 0. The second-order valence-electron chi connectivity index (χ2n) is 4.91. The first-order valence-corrected chi connectivity index (χ1v) is 6.37. The monoisotopic (exact) mass is 254 g/mol. The number of aryl methyl sites for hydroxylation is 1. The zero-order chi connectivity index (χ0) is 12.8. The van der Waals surface area contributed by atoms with Crippen LogP contribution in [0.15, 0.2) is 18.6 Å². The van der Waals surface area contributed by atoms with E-state index in [1.54, 1.807) is 12.5 Å². The van der Waals surface area contributed by atoms with Gasteiger partial charge in [-0.05, 0) is 18.6 Å². The quantitative estimate of drug-likeness (QED) is 0.612. The van der Waals surface area contributed by atoms with Crippen LogP contribution in [0.4, 0.5) is 0 Å². The molecule has 6 heteroatoms. The Balaban J connectivity index is 1.74. The molecule has 0 aliphatic carbocycles. The normalized spacial score (nSPS) is 18.7. The zero-order valence-electron chi connectivity index (χ0n) is 10.6. The molecule has 3 aromatic rings. The maximum Gasteiger partial charge on any atom is 0.178 e. The van der Waals surface area contributed by atoms with E-state index < -0.39 is 0 Å². The number of imidazole rings is 2. The summed E-state index contributed by atoms with van der Waals surface area (Å²) < 4.78 is 0. The molecule has 6 nitrogen and oxygen atoms in total. The largest absolute Gasteiger partial charge is 0.347 e. The summed E-state index contributed by atoms with van der Waals surface area (Å²) in [5.74, 6) is 0.936. The number of nitrogens with one attached hydrogen (secondary N) is 3. The summed E-state index contributed by atoms with van der Waals surface area (Å²) in [6.07, 6.45) is 4.39. The standard InChI is InChI=1S/C13H14N6/c1-7-2-3-14-13-11(7)18-12(19-13)9-4-8-10(5-15-9)17-6-16-8/h2-3,6,9,15H,4-5H2,1H3,(H,16,17)(H,14,18,19). The first-order chi connectivity index (χ1) is 9.31. The van der Waals surface area contributed by atoms with Crippen molar-refractivity contribution >= 4 is 11.2 Å². The smallest absolute Gasteiger partial charge is 0.178 e. The third kappa shape index (κ3) is 1.64. The van der Waals surface area contributed by atoms with Crippen LogP contribution < -0.4 is 5.32 Å². The summed E-state index contributed by atoms with van der Waals surface area (Å²) in [5.41, 5.74) is 5.26.